The van der Waals surface area contributed by atoms with E-state index in [1.165, 1.54) is 0 Å². The number of amides is 1. The lowest BCUT2D eigenvalue weighted by Gasteiger charge is -2.38. The Labute approximate surface area is 160 Å². The molecule has 0 aliphatic carbocycles. The summed E-state index contributed by atoms with van der Waals surface area (Å²) in [6, 6.07) is 7.86. The summed E-state index contributed by atoms with van der Waals surface area (Å²) in [7, 11) is 1.62. The van der Waals surface area contributed by atoms with Gasteiger partial charge >= 0.3 is 0 Å². The molecule has 2 fully saturated rings. The van der Waals surface area contributed by atoms with Crippen molar-refractivity contribution in [3.8, 4) is 0 Å². The highest BCUT2D eigenvalue weighted by Crippen LogP contribution is 2.28. The lowest BCUT2D eigenvalue weighted by molar-refractivity contribution is -0.147. The van der Waals surface area contributed by atoms with Gasteiger partial charge in [0.2, 0.25) is 0 Å². The second-order valence-electron chi connectivity index (χ2n) is 6.84. The minimum atomic E-state index is -0.735. The molecule has 1 unspecified atom stereocenters. The van der Waals surface area contributed by atoms with E-state index in [0.29, 0.717) is 32.6 Å². The summed E-state index contributed by atoms with van der Waals surface area (Å²) in [5.41, 5.74) is 0.300. The number of piperidine rings is 1. The molecule has 0 radical (unpaired) electrons. The molecule has 2 saturated heterocycles. The van der Waals surface area contributed by atoms with Gasteiger partial charge in [-0.3, -0.25) is 9.69 Å². The van der Waals surface area contributed by atoms with Crippen LogP contribution in [0.3, 0.4) is 0 Å². The van der Waals surface area contributed by atoms with E-state index in [1.807, 2.05) is 24.3 Å². The summed E-state index contributed by atoms with van der Waals surface area (Å²) in [6.07, 6.45) is 1.37. The van der Waals surface area contributed by atoms with Crippen molar-refractivity contribution in [1.29, 1.82) is 0 Å². The SMILES string of the molecule is COC1(C(=O)NCC(c2ccccc2Cl)N2CCOCC2)CCNCC1. The zero-order chi connectivity index (χ0) is 18.4. The predicted molar refractivity (Wildman–Crippen MR) is 101 cm³/mol. The minimum Gasteiger partial charge on any atom is -0.379 e. The third kappa shape index (κ3) is 4.38. The van der Waals surface area contributed by atoms with Crippen LogP contribution in [0.5, 0.6) is 0 Å². The zero-order valence-corrected chi connectivity index (χ0v) is 16.1. The van der Waals surface area contributed by atoms with E-state index in [9.17, 15) is 4.79 Å². The van der Waals surface area contributed by atoms with Crippen molar-refractivity contribution in [3.05, 3.63) is 34.9 Å². The number of benzene rings is 1. The van der Waals surface area contributed by atoms with Crippen LogP contribution in [-0.4, -0.2) is 69.5 Å². The highest BCUT2D eigenvalue weighted by Gasteiger charge is 2.40. The van der Waals surface area contributed by atoms with Gasteiger partial charge in [0.25, 0.3) is 5.91 Å². The third-order valence-electron chi connectivity index (χ3n) is 5.42. The van der Waals surface area contributed by atoms with Gasteiger partial charge in [0, 0.05) is 31.8 Å². The van der Waals surface area contributed by atoms with E-state index in [4.69, 9.17) is 21.1 Å². The molecule has 144 valence electrons. The Hall–Kier alpha value is -1.18. The fourth-order valence-electron chi connectivity index (χ4n) is 3.78. The maximum atomic E-state index is 12.9. The molecule has 1 aromatic rings. The number of carbonyl (C=O) groups is 1. The molecule has 7 heteroatoms. The van der Waals surface area contributed by atoms with Gasteiger partial charge in [-0.2, -0.15) is 0 Å². The molecule has 2 N–H and O–H groups in total. The Balaban J connectivity index is 1.73. The summed E-state index contributed by atoms with van der Waals surface area (Å²) in [6.45, 7) is 5.12. The molecule has 0 spiro atoms. The van der Waals surface area contributed by atoms with E-state index < -0.39 is 5.60 Å². The lowest BCUT2D eigenvalue weighted by Crippen LogP contribution is -2.55. The number of nitrogens with zero attached hydrogens (tertiary/aromatic N) is 1. The molecule has 6 nitrogen and oxygen atoms in total. The first kappa shape index (κ1) is 19.6. The van der Waals surface area contributed by atoms with Gasteiger partial charge < -0.3 is 20.1 Å². The number of rotatable bonds is 6. The van der Waals surface area contributed by atoms with E-state index in [1.54, 1.807) is 7.11 Å². The van der Waals surface area contributed by atoms with Crippen LogP contribution in [0.15, 0.2) is 24.3 Å². The van der Waals surface area contributed by atoms with E-state index in [0.717, 1.165) is 36.8 Å². The van der Waals surface area contributed by atoms with Crippen molar-refractivity contribution in [2.45, 2.75) is 24.5 Å². The van der Waals surface area contributed by atoms with Crippen LogP contribution < -0.4 is 10.6 Å². The Morgan fingerprint density at radius 1 is 1.35 bits per heavy atom. The van der Waals surface area contributed by atoms with Gasteiger partial charge in [0.05, 0.1) is 19.3 Å². The molecule has 1 aromatic carbocycles. The summed E-state index contributed by atoms with van der Waals surface area (Å²) >= 11 is 6.45. The fraction of sp³-hybridized carbons (Fsp3) is 0.632. The second-order valence-corrected chi connectivity index (χ2v) is 7.25. The van der Waals surface area contributed by atoms with Gasteiger partial charge in [0.15, 0.2) is 0 Å². The number of halogens is 1. The Bertz CT molecular complexity index is 601. The first-order chi connectivity index (χ1) is 12.7. The molecule has 2 aliphatic rings. The quantitative estimate of drug-likeness (QED) is 0.783. The van der Waals surface area contributed by atoms with E-state index >= 15 is 0 Å². The first-order valence-electron chi connectivity index (χ1n) is 9.27. The number of carbonyl (C=O) groups excluding carboxylic acids is 1. The van der Waals surface area contributed by atoms with Crippen molar-refractivity contribution in [3.63, 3.8) is 0 Å². The molecule has 0 aromatic heterocycles. The van der Waals surface area contributed by atoms with Crippen molar-refractivity contribution in [1.82, 2.24) is 15.5 Å². The smallest absolute Gasteiger partial charge is 0.252 e. The second kappa shape index (κ2) is 9.15. The molecule has 0 bridgehead atoms. The van der Waals surface area contributed by atoms with Crippen molar-refractivity contribution < 1.29 is 14.3 Å². The summed E-state index contributed by atoms with van der Waals surface area (Å²) in [5, 5.41) is 7.14. The van der Waals surface area contributed by atoms with Gasteiger partial charge in [-0.1, -0.05) is 29.8 Å². The standard InChI is InChI=1S/C19H28ClN3O3/c1-25-19(6-8-21-9-7-19)18(24)22-14-17(23-10-12-26-13-11-23)15-4-2-3-5-16(15)20/h2-5,17,21H,6-14H2,1H3,(H,22,24). The third-order valence-corrected chi connectivity index (χ3v) is 5.77. The summed E-state index contributed by atoms with van der Waals surface area (Å²) < 4.78 is 11.1. The number of nitrogens with one attached hydrogen (secondary N) is 2. The van der Waals surface area contributed by atoms with E-state index in [2.05, 4.69) is 15.5 Å². The highest BCUT2D eigenvalue weighted by atomic mass is 35.5. The van der Waals surface area contributed by atoms with Crippen LogP contribution in [0.25, 0.3) is 0 Å². The van der Waals surface area contributed by atoms with Gasteiger partial charge in [-0.15, -0.1) is 0 Å². The van der Waals surface area contributed by atoms with Crippen LogP contribution in [0.4, 0.5) is 0 Å². The Morgan fingerprint density at radius 3 is 2.69 bits per heavy atom. The maximum Gasteiger partial charge on any atom is 0.252 e. The molecular weight excluding hydrogens is 354 g/mol. The summed E-state index contributed by atoms with van der Waals surface area (Å²) in [4.78, 5) is 15.2. The van der Waals surface area contributed by atoms with Gasteiger partial charge in [-0.05, 0) is 37.6 Å². The maximum absolute atomic E-state index is 12.9. The number of ether oxygens (including phenoxy) is 2. The van der Waals surface area contributed by atoms with E-state index in [-0.39, 0.29) is 11.9 Å². The average molecular weight is 382 g/mol. The Morgan fingerprint density at radius 2 is 2.04 bits per heavy atom. The minimum absolute atomic E-state index is 0.0205. The molecule has 1 atom stereocenters. The lowest BCUT2D eigenvalue weighted by atomic mass is 9.91. The van der Waals surface area contributed by atoms with Crippen LogP contribution in [0, 0.1) is 0 Å². The average Bonchev–Trinajstić information content (AvgIpc) is 2.70. The molecule has 0 saturated carbocycles. The monoisotopic (exact) mass is 381 g/mol. The number of methoxy groups -OCH3 is 1. The molecule has 3 rings (SSSR count). The topological polar surface area (TPSA) is 62.8 Å². The zero-order valence-electron chi connectivity index (χ0n) is 15.3. The van der Waals surface area contributed by atoms with Gasteiger partial charge in [-0.25, -0.2) is 0 Å². The Kier molecular flexibility index (Phi) is 6.89. The largest absolute Gasteiger partial charge is 0.379 e. The number of hydrogen-bond donors (Lipinski definition) is 2. The normalized spacial score (nSPS) is 21.9. The van der Waals surface area contributed by atoms with Crippen LogP contribution in [0.1, 0.15) is 24.4 Å². The van der Waals surface area contributed by atoms with Crippen molar-refractivity contribution >= 4 is 17.5 Å². The van der Waals surface area contributed by atoms with Gasteiger partial charge in [0.1, 0.15) is 5.60 Å². The van der Waals surface area contributed by atoms with Crippen LogP contribution in [-0.2, 0) is 14.3 Å². The number of hydrogen-bond acceptors (Lipinski definition) is 5. The molecule has 1 amide bonds. The highest BCUT2D eigenvalue weighted by molar-refractivity contribution is 6.31. The van der Waals surface area contributed by atoms with Crippen LogP contribution >= 0.6 is 11.6 Å². The first-order valence-corrected chi connectivity index (χ1v) is 9.64. The molecule has 2 heterocycles. The van der Waals surface area contributed by atoms with Crippen molar-refractivity contribution in [2.75, 3.05) is 53.0 Å². The van der Waals surface area contributed by atoms with Crippen molar-refractivity contribution in [2.24, 2.45) is 0 Å². The predicted octanol–water partition coefficient (Wildman–Crippen LogP) is 1.60. The molecular formula is C19H28ClN3O3. The fourth-order valence-corrected chi connectivity index (χ4v) is 4.04. The number of morpholine rings is 1. The summed E-state index contributed by atoms with van der Waals surface area (Å²) in [5.74, 6) is -0.0354. The molecule has 2 aliphatic heterocycles. The molecule has 26 heavy (non-hydrogen) atoms. The van der Waals surface area contributed by atoms with Crippen LogP contribution in [0.2, 0.25) is 5.02 Å².